The normalized spacial score (nSPS) is 15.4. The van der Waals surface area contributed by atoms with Crippen molar-refractivity contribution < 1.29 is 14.3 Å². The van der Waals surface area contributed by atoms with Crippen molar-refractivity contribution in [3.8, 4) is 17.0 Å². The molecule has 2 heterocycles. The van der Waals surface area contributed by atoms with Crippen molar-refractivity contribution in [3.05, 3.63) is 59.7 Å². The van der Waals surface area contributed by atoms with E-state index < -0.39 is 6.04 Å². The summed E-state index contributed by atoms with van der Waals surface area (Å²) >= 11 is 0. The molecule has 7 heteroatoms. The average Bonchev–Trinajstić information content (AvgIpc) is 3.05. The maximum atomic E-state index is 13.0. The molecule has 29 heavy (non-hydrogen) atoms. The molecule has 0 unspecified atom stereocenters. The molecule has 3 aromatic rings. The molecule has 2 N–H and O–H groups in total. The topological polar surface area (TPSA) is 85.2 Å². The van der Waals surface area contributed by atoms with E-state index in [-0.39, 0.29) is 18.2 Å². The third kappa shape index (κ3) is 3.47. The maximum Gasteiger partial charge on any atom is 0.249 e. The van der Waals surface area contributed by atoms with Gasteiger partial charge in [-0.3, -0.25) is 9.59 Å². The van der Waals surface area contributed by atoms with E-state index in [4.69, 9.17) is 4.74 Å². The Morgan fingerprint density at radius 3 is 2.62 bits per heavy atom. The van der Waals surface area contributed by atoms with Crippen molar-refractivity contribution in [1.82, 2.24) is 9.78 Å². The van der Waals surface area contributed by atoms with Crippen molar-refractivity contribution in [2.24, 2.45) is 0 Å². The number of fused-ring (bicyclic) bond motifs is 1. The largest absolute Gasteiger partial charge is 0.495 e. The van der Waals surface area contributed by atoms with E-state index in [1.54, 1.807) is 23.9 Å². The van der Waals surface area contributed by atoms with Gasteiger partial charge in [0, 0.05) is 11.1 Å². The van der Waals surface area contributed by atoms with Crippen LogP contribution in [0.4, 0.5) is 11.5 Å². The fourth-order valence-electron chi connectivity index (χ4n) is 3.49. The van der Waals surface area contributed by atoms with Crippen LogP contribution in [0.3, 0.4) is 0 Å². The van der Waals surface area contributed by atoms with Crippen LogP contribution in [0.25, 0.3) is 11.3 Å². The van der Waals surface area contributed by atoms with Crippen molar-refractivity contribution in [2.45, 2.75) is 26.3 Å². The fourth-order valence-corrected chi connectivity index (χ4v) is 3.49. The molecule has 2 amide bonds. The van der Waals surface area contributed by atoms with Gasteiger partial charge in [-0.1, -0.05) is 42.0 Å². The minimum Gasteiger partial charge on any atom is -0.495 e. The molecule has 0 fully saturated rings. The lowest BCUT2D eigenvalue weighted by Crippen LogP contribution is -2.36. The first-order valence-electron chi connectivity index (χ1n) is 9.38. The SMILES string of the molecule is COc1ccccc1NC(=O)[C@H]1CC(=O)Nc2c(C)c(-c3ccc(C)cc3)nn21. The molecule has 0 bridgehead atoms. The summed E-state index contributed by atoms with van der Waals surface area (Å²) in [5.41, 5.74) is 4.22. The first-order chi connectivity index (χ1) is 14.0. The lowest BCUT2D eigenvalue weighted by atomic mass is 10.1. The lowest BCUT2D eigenvalue weighted by molar-refractivity contribution is -0.125. The Morgan fingerprint density at radius 2 is 1.90 bits per heavy atom. The Morgan fingerprint density at radius 1 is 1.17 bits per heavy atom. The number of carbonyl (C=O) groups is 2. The van der Waals surface area contributed by atoms with Gasteiger partial charge in [0.05, 0.1) is 24.9 Å². The predicted molar refractivity (Wildman–Crippen MR) is 111 cm³/mol. The predicted octanol–water partition coefficient (Wildman–Crippen LogP) is 3.70. The molecule has 1 aliphatic heterocycles. The first-order valence-corrected chi connectivity index (χ1v) is 9.38. The molecule has 1 atom stereocenters. The summed E-state index contributed by atoms with van der Waals surface area (Å²) < 4.78 is 6.91. The van der Waals surface area contributed by atoms with E-state index in [0.29, 0.717) is 17.3 Å². The molecule has 1 aliphatic rings. The zero-order valence-electron chi connectivity index (χ0n) is 16.5. The van der Waals surface area contributed by atoms with Crippen molar-refractivity contribution >= 4 is 23.3 Å². The van der Waals surface area contributed by atoms with E-state index in [9.17, 15) is 9.59 Å². The highest BCUT2D eigenvalue weighted by Gasteiger charge is 2.34. The van der Waals surface area contributed by atoms with Gasteiger partial charge in [0.2, 0.25) is 11.8 Å². The highest BCUT2D eigenvalue weighted by atomic mass is 16.5. The summed E-state index contributed by atoms with van der Waals surface area (Å²) in [4.78, 5) is 25.3. The quantitative estimate of drug-likeness (QED) is 0.711. The molecular weight excluding hydrogens is 368 g/mol. The van der Waals surface area contributed by atoms with Crippen molar-refractivity contribution in [3.63, 3.8) is 0 Å². The molecule has 148 valence electrons. The van der Waals surface area contributed by atoms with Gasteiger partial charge >= 0.3 is 0 Å². The van der Waals surface area contributed by atoms with E-state index in [1.807, 2.05) is 50.2 Å². The smallest absolute Gasteiger partial charge is 0.249 e. The Labute approximate surface area is 168 Å². The number of nitrogens with one attached hydrogen (secondary N) is 2. The number of benzene rings is 2. The molecule has 7 nitrogen and oxygen atoms in total. The van der Waals surface area contributed by atoms with Gasteiger partial charge in [-0.25, -0.2) is 4.68 Å². The summed E-state index contributed by atoms with van der Waals surface area (Å²) in [5, 5.41) is 10.4. The highest BCUT2D eigenvalue weighted by Crippen LogP contribution is 2.35. The molecular formula is C22H22N4O3. The molecule has 0 aliphatic carbocycles. The number of rotatable bonds is 4. The summed E-state index contributed by atoms with van der Waals surface area (Å²) in [7, 11) is 1.54. The summed E-state index contributed by atoms with van der Waals surface area (Å²) in [6.07, 6.45) is 0.0163. The number of anilines is 2. The van der Waals surface area contributed by atoms with Gasteiger partial charge in [0.25, 0.3) is 0 Å². The Balaban J connectivity index is 1.70. The third-order valence-electron chi connectivity index (χ3n) is 5.07. The average molecular weight is 390 g/mol. The van der Waals surface area contributed by atoms with E-state index in [2.05, 4.69) is 15.7 Å². The number of carbonyl (C=O) groups excluding carboxylic acids is 2. The Bertz CT molecular complexity index is 1090. The third-order valence-corrected chi connectivity index (χ3v) is 5.07. The van der Waals surface area contributed by atoms with E-state index in [0.717, 1.165) is 22.4 Å². The number of aryl methyl sites for hydroxylation is 1. The fraction of sp³-hybridized carbons (Fsp3) is 0.227. The van der Waals surface area contributed by atoms with Gasteiger partial charge in [-0.15, -0.1) is 0 Å². The van der Waals surface area contributed by atoms with E-state index in [1.165, 1.54) is 0 Å². The van der Waals surface area contributed by atoms with Gasteiger partial charge in [-0.2, -0.15) is 5.10 Å². The zero-order chi connectivity index (χ0) is 20.5. The second kappa shape index (κ2) is 7.43. The number of nitrogens with zero attached hydrogens (tertiary/aromatic N) is 2. The maximum absolute atomic E-state index is 13.0. The number of amides is 2. The molecule has 0 radical (unpaired) electrons. The van der Waals surface area contributed by atoms with Gasteiger partial charge < -0.3 is 15.4 Å². The Kier molecular flexibility index (Phi) is 4.80. The minimum absolute atomic E-state index is 0.0163. The van der Waals surface area contributed by atoms with Gasteiger partial charge in [0.1, 0.15) is 17.6 Å². The Hall–Kier alpha value is -3.61. The standard InChI is InChI=1S/C22H22N4O3/c1-13-8-10-15(11-9-13)20-14(2)21-24-19(27)12-17(26(21)25-20)22(28)23-16-6-4-5-7-18(16)29-3/h4-11,17H,12H2,1-3H3,(H,23,28)(H,24,27)/t17-/m1/s1. The van der Waals surface area contributed by atoms with Crippen LogP contribution < -0.4 is 15.4 Å². The molecule has 0 spiro atoms. The van der Waals surface area contributed by atoms with Crippen LogP contribution in [0, 0.1) is 13.8 Å². The number of aromatic nitrogens is 2. The minimum atomic E-state index is -0.749. The van der Waals surface area contributed by atoms with Crippen LogP contribution >= 0.6 is 0 Å². The van der Waals surface area contributed by atoms with Crippen LogP contribution in [0.1, 0.15) is 23.6 Å². The monoisotopic (exact) mass is 390 g/mol. The lowest BCUT2D eigenvalue weighted by Gasteiger charge is -2.24. The first kappa shape index (κ1) is 18.7. The van der Waals surface area contributed by atoms with Crippen LogP contribution in [-0.4, -0.2) is 28.7 Å². The number of ether oxygens (including phenoxy) is 1. The molecule has 0 saturated carbocycles. The van der Waals surface area contributed by atoms with E-state index >= 15 is 0 Å². The van der Waals surface area contributed by atoms with Crippen LogP contribution in [0.5, 0.6) is 5.75 Å². The number of hydrogen-bond acceptors (Lipinski definition) is 4. The summed E-state index contributed by atoms with van der Waals surface area (Å²) in [6.45, 7) is 3.92. The number of methoxy groups -OCH3 is 1. The zero-order valence-corrected chi connectivity index (χ0v) is 16.5. The van der Waals surface area contributed by atoms with Crippen LogP contribution in [0.15, 0.2) is 48.5 Å². The molecule has 4 rings (SSSR count). The highest BCUT2D eigenvalue weighted by molar-refractivity contribution is 6.02. The van der Waals surface area contributed by atoms with Crippen LogP contribution in [-0.2, 0) is 9.59 Å². The molecule has 2 aromatic carbocycles. The number of hydrogen-bond donors (Lipinski definition) is 2. The second-order valence-electron chi connectivity index (χ2n) is 7.09. The van der Waals surface area contributed by atoms with Crippen molar-refractivity contribution in [1.29, 1.82) is 0 Å². The summed E-state index contributed by atoms with van der Waals surface area (Å²) in [6, 6.07) is 14.4. The summed E-state index contributed by atoms with van der Waals surface area (Å²) in [5.74, 6) is 0.579. The number of para-hydroxylation sites is 2. The second-order valence-corrected chi connectivity index (χ2v) is 7.09. The van der Waals surface area contributed by atoms with Gasteiger partial charge in [-0.05, 0) is 26.0 Å². The van der Waals surface area contributed by atoms with Crippen molar-refractivity contribution in [2.75, 3.05) is 17.7 Å². The van der Waals surface area contributed by atoms with Crippen LogP contribution in [0.2, 0.25) is 0 Å². The van der Waals surface area contributed by atoms with Gasteiger partial charge in [0.15, 0.2) is 0 Å². The molecule has 0 saturated heterocycles. The molecule has 1 aromatic heterocycles.